The van der Waals surface area contributed by atoms with Crippen molar-refractivity contribution in [1.29, 1.82) is 0 Å². The Hall–Kier alpha value is -0.570. The van der Waals surface area contributed by atoms with Crippen LogP contribution in [0.4, 0.5) is 0 Å². The van der Waals surface area contributed by atoms with Crippen molar-refractivity contribution >= 4 is 5.91 Å². The maximum atomic E-state index is 12.2. The monoisotopic (exact) mass is 210 g/mol. The van der Waals surface area contributed by atoms with Crippen molar-refractivity contribution < 1.29 is 4.79 Å². The lowest BCUT2D eigenvalue weighted by Crippen LogP contribution is -2.50. The third-order valence-corrected chi connectivity index (χ3v) is 3.78. The summed E-state index contributed by atoms with van der Waals surface area (Å²) in [5, 5.41) is 3.29. The van der Waals surface area contributed by atoms with Crippen molar-refractivity contribution in [3.63, 3.8) is 0 Å². The smallest absolute Gasteiger partial charge is 0.239 e. The number of rotatable bonds is 1. The molecule has 0 aromatic carbocycles. The highest BCUT2D eigenvalue weighted by Crippen LogP contribution is 2.23. The van der Waals surface area contributed by atoms with Crippen LogP contribution in [0.3, 0.4) is 0 Å². The fourth-order valence-electron chi connectivity index (χ4n) is 2.83. The van der Waals surface area contributed by atoms with Gasteiger partial charge in [-0.1, -0.05) is 6.92 Å². The molecular weight excluding hydrogens is 188 g/mol. The number of carbonyl (C=O) groups is 1. The Morgan fingerprint density at radius 2 is 2.13 bits per heavy atom. The molecule has 0 aromatic rings. The number of nitrogens with one attached hydrogen (secondary N) is 1. The van der Waals surface area contributed by atoms with Crippen LogP contribution in [-0.4, -0.2) is 36.0 Å². The maximum absolute atomic E-state index is 12.2. The minimum atomic E-state index is 0.112. The fourth-order valence-corrected chi connectivity index (χ4v) is 2.83. The quantitative estimate of drug-likeness (QED) is 0.709. The summed E-state index contributed by atoms with van der Waals surface area (Å²) in [4.78, 5) is 14.3. The fraction of sp³-hybridized carbons (Fsp3) is 0.917. The first-order valence-electron chi connectivity index (χ1n) is 6.22. The van der Waals surface area contributed by atoms with Crippen LogP contribution in [0, 0.1) is 5.92 Å². The summed E-state index contributed by atoms with van der Waals surface area (Å²) in [6, 6.07) is 0.546. The van der Waals surface area contributed by atoms with E-state index in [9.17, 15) is 4.79 Å². The lowest BCUT2D eigenvalue weighted by Gasteiger charge is -2.38. The molecule has 0 saturated carbocycles. The molecule has 2 aliphatic heterocycles. The highest BCUT2D eigenvalue weighted by molar-refractivity contribution is 5.82. The zero-order valence-corrected chi connectivity index (χ0v) is 9.83. The zero-order valence-electron chi connectivity index (χ0n) is 9.83. The minimum Gasteiger partial charge on any atom is -0.339 e. The van der Waals surface area contributed by atoms with E-state index in [0.29, 0.717) is 11.9 Å². The summed E-state index contributed by atoms with van der Waals surface area (Å²) in [6.45, 7) is 6.43. The number of piperidine rings is 1. The Balaban J connectivity index is 1.94. The molecule has 86 valence electrons. The molecule has 2 fully saturated rings. The minimum absolute atomic E-state index is 0.112. The van der Waals surface area contributed by atoms with Gasteiger partial charge in [-0.25, -0.2) is 0 Å². The SMILES string of the molecule is CC1CCN(C(=O)C2CCCN2)C(C)C1. The second-order valence-corrected chi connectivity index (χ2v) is 5.16. The first-order chi connectivity index (χ1) is 7.18. The van der Waals surface area contributed by atoms with Gasteiger partial charge in [0.1, 0.15) is 0 Å². The van der Waals surface area contributed by atoms with E-state index in [2.05, 4.69) is 24.1 Å². The van der Waals surface area contributed by atoms with Gasteiger partial charge in [-0.3, -0.25) is 4.79 Å². The van der Waals surface area contributed by atoms with E-state index in [0.717, 1.165) is 31.8 Å². The summed E-state index contributed by atoms with van der Waals surface area (Å²) < 4.78 is 0. The van der Waals surface area contributed by atoms with Gasteiger partial charge in [0.05, 0.1) is 6.04 Å². The molecule has 0 spiro atoms. The van der Waals surface area contributed by atoms with E-state index < -0.39 is 0 Å². The molecule has 2 rings (SSSR count). The average Bonchev–Trinajstić information content (AvgIpc) is 2.69. The van der Waals surface area contributed by atoms with Crippen molar-refractivity contribution in [3.05, 3.63) is 0 Å². The summed E-state index contributed by atoms with van der Waals surface area (Å²) in [5.41, 5.74) is 0. The van der Waals surface area contributed by atoms with Crippen LogP contribution < -0.4 is 5.32 Å². The van der Waals surface area contributed by atoms with Crippen LogP contribution in [0.1, 0.15) is 39.5 Å². The van der Waals surface area contributed by atoms with E-state index in [-0.39, 0.29) is 6.04 Å². The highest BCUT2D eigenvalue weighted by Gasteiger charge is 2.32. The van der Waals surface area contributed by atoms with Crippen LogP contribution in [0.25, 0.3) is 0 Å². The molecule has 0 aromatic heterocycles. The van der Waals surface area contributed by atoms with Gasteiger partial charge >= 0.3 is 0 Å². The first kappa shape index (κ1) is 10.9. The van der Waals surface area contributed by atoms with Crippen molar-refractivity contribution in [2.45, 2.75) is 51.6 Å². The van der Waals surface area contributed by atoms with Crippen molar-refractivity contribution in [2.75, 3.05) is 13.1 Å². The summed E-state index contributed by atoms with van der Waals surface area (Å²) >= 11 is 0. The third kappa shape index (κ3) is 2.33. The van der Waals surface area contributed by atoms with E-state index >= 15 is 0 Å². The topological polar surface area (TPSA) is 32.3 Å². The van der Waals surface area contributed by atoms with Crippen LogP contribution >= 0.6 is 0 Å². The lowest BCUT2D eigenvalue weighted by atomic mass is 9.93. The number of carbonyl (C=O) groups excluding carboxylic acids is 1. The molecule has 2 saturated heterocycles. The molecule has 3 nitrogen and oxygen atoms in total. The summed E-state index contributed by atoms with van der Waals surface area (Å²) in [5.74, 6) is 1.12. The molecule has 2 aliphatic rings. The van der Waals surface area contributed by atoms with Gasteiger partial charge in [-0.05, 0) is 45.1 Å². The molecule has 15 heavy (non-hydrogen) atoms. The molecule has 3 heteroatoms. The Labute approximate surface area is 92.2 Å². The molecule has 2 heterocycles. The van der Waals surface area contributed by atoms with Gasteiger partial charge in [0, 0.05) is 12.6 Å². The van der Waals surface area contributed by atoms with E-state index in [1.54, 1.807) is 0 Å². The predicted molar refractivity (Wildman–Crippen MR) is 60.6 cm³/mol. The van der Waals surface area contributed by atoms with Gasteiger partial charge in [-0.15, -0.1) is 0 Å². The zero-order chi connectivity index (χ0) is 10.8. The normalized spacial score (nSPS) is 36.9. The lowest BCUT2D eigenvalue weighted by molar-refractivity contribution is -0.136. The van der Waals surface area contributed by atoms with Crippen molar-refractivity contribution in [3.8, 4) is 0 Å². The average molecular weight is 210 g/mol. The molecule has 3 atom stereocenters. The predicted octanol–water partition coefficient (Wildman–Crippen LogP) is 1.39. The van der Waals surface area contributed by atoms with Crippen molar-refractivity contribution in [2.24, 2.45) is 5.92 Å². The van der Waals surface area contributed by atoms with E-state index in [1.807, 2.05) is 0 Å². The largest absolute Gasteiger partial charge is 0.339 e. The molecule has 0 bridgehead atoms. The number of hydrogen-bond donors (Lipinski definition) is 1. The highest BCUT2D eigenvalue weighted by atomic mass is 16.2. The summed E-state index contributed by atoms with van der Waals surface area (Å²) in [6.07, 6.45) is 4.51. The second-order valence-electron chi connectivity index (χ2n) is 5.16. The van der Waals surface area contributed by atoms with Crippen LogP contribution in [0.5, 0.6) is 0 Å². The summed E-state index contributed by atoms with van der Waals surface area (Å²) in [7, 11) is 0. The van der Waals surface area contributed by atoms with Crippen LogP contribution in [-0.2, 0) is 4.79 Å². The first-order valence-corrected chi connectivity index (χ1v) is 6.22. The molecule has 0 aliphatic carbocycles. The van der Waals surface area contributed by atoms with Crippen LogP contribution in [0.2, 0.25) is 0 Å². The van der Waals surface area contributed by atoms with E-state index in [4.69, 9.17) is 0 Å². The Kier molecular flexibility index (Phi) is 3.29. The molecule has 3 unspecified atom stereocenters. The number of amides is 1. The van der Waals surface area contributed by atoms with Crippen molar-refractivity contribution in [1.82, 2.24) is 10.2 Å². The number of hydrogen-bond acceptors (Lipinski definition) is 2. The molecule has 1 amide bonds. The Morgan fingerprint density at radius 3 is 2.73 bits per heavy atom. The standard InChI is InChI=1S/C12H22N2O/c1-9-5-7-14(10(2)8-9)12(15)11-4-3-6-13-11/h9-11,13H,3-8H2,1-2H3. The number of nitrogens with zero attached hydrogens (tertiary/aromatic N) is 1. The van der Waals surface area contributed by atoms with Gasteiger partial charge in [0.15, 0.2) is 0 Å². The third-order valence-electron chi connectivity index (χ3n) is 3.78. The molecule has 0 radical (unpaired) electrons. The van der Waals surface area contributed by atoms with E-state index in [1.165, 1.54) is 12.8 Å². The molecule has 1 N–H and O–H groups in total. The van der Waals surface area contributed by atoms with Gasteiger partial charge in [0.25, 0.3) is 0 Å². The Morgan fingerprint density at radius 1 is 1.33 bits per heavy atom. The van der Waals surface area contributed by atoms with Gasteiger partial charge in [0.2, 0.25) is 5.91 Å². The Bertz CT molecular complexity index is 236. The second kappa shape index (κ2) is 4.52. The van der Waals surface area contributed by atoms with Crippen LogP contribution in [0.15, 0.2) is 0 Å². The number of likely N-dealkylation sites (tertiary alicyclic amines) is 1. The van der Waals surface area contributed by atoms with Gasteiger partial charge in [-0.2, -0.15) is 0 Å². The maximum Gasteiger partial charge on any atom is 0.239 e. The molecular formula is C12H22N2O. The van der Waals surface area contributed by atoms with Gasteiger partial charge < -0.3 is 10.2 Å².